The van der Waals surface area contributed by atoms with E-state index in [4.69, 9.17) is 0 Å². The van der Waals surface area contributed by atoms with E-state index in [0.717, 1.165) is 5.92 Å². The molecule has 1 fully saturated rings. The molecular weight excluding hydrogens is 230 g/mol. The Morgan fingerprint density at radius 3 is 2.89 bits per heavy atom. The molecule has 1 nitrogen and oxygen atoms in total. The van der Waals surface area contributed by atoms with E-state index in [-0.39, 0.29) is 0 Å². The lowest BCUT2D eigenvalue weighted by molar-refractivity contribution is -0.961. The van der Waals surface area contributed by atoms with Crippen LogP contribution in [-0.4, -0.2) is 30.2 Å². The Hall–Kier alpha value is -0.300. The van der Waals surface area contributed by atoms with Crippen LogP contribution in [0, 0.1) is 5.92 Å². The van der Waals surface area contributed by atoms with E-state index in [9.17, 15) is 0 Å². The summed E-state index contributed by atoms with van der Waals surface area (Å²) >= 11 is 0. The molecule has 0 aromatic rings. The zero-order valence-corrected chi connectivity index (χ0v) is 13.3. The van der Waals surface area contributed by atoms with Gasteiger partial charge in [-0.25, -0.2) is 0 Å². The van der Waals surface area contributed by atoms with Crippen LogP contribution in [0.25, 0.3) is 0 Å². The van der Waals surface area contributed by atoms with Crippen LogP contribution in [0.1, 0.15) is 71.6 Å². The van der Waals surface area contributed by atoms with Gasteiger partial charge in [0.25, 0.3) is 0 Å². The summed E-state index contributed by atoms with van der Waals surface area (Å²) in [6.07, 6.45) is 12.9. The van der Waals surface area contributed by atoms with Gasteiger partial charge < -0.3 is 4.48 Å². The molecule has 0 unspecified atom stereocenters. The average Bonchev–Trinajstić information content (AvgIpc) is 2.87. The summed E-state index contributed by atoms with van der Waals surface area (Å²) in [7, 11) is 2.57. The van der Waals surface area contributed by atoms with Crippen molar-refractivity contribution in [1.29, 1.82) is 0 Å². The molecule has 0 spiro atoms. The predicted octanol–water partition coefficient (Wildman–Crippen LogP) is 4.68. The lowest BCUT2D eigenvalue weighted by Crippen LogP contribution is -2.67. The first-order valence-corrected chi connectivity index (χ1v) is 8.65. The fourth-order valence-corrected chi connectivity index (χ4v) is 5.27. The van der Waals surface area contributed by atoms with Gasteiger partial charge in [0.2, 0.25) is 0 Å². The third-order valence-electron chi connectivity index (χ3n) is 6.75. The van der Waals surface area contributed by atoms with Crippen molar-refractivity contribution < 1.29 is 4.48 Å². The number of hydrogen-bond acceptors (Lipinski definition) is 0. The molecule has 2 heterocycles. The number of piperidine rings is 1. The highest BCUT2D eigenvalue weighted by Crippen LogP contribution is 2.51. The van der Waals surface area contributed by atoms with Crippen LogP contribution in [0.2, 0.25) is 0 Å². The van der Waals surface area contributed by atoms with Gasteiger partial charge in [-0.15, -0.1) is 0 Å². The number of nitrogens with zero attached hydrogens (tertiary/aromatic N) is 1. The lowest BCUT2D eigenvalue weighted by Gasteiger charge is -2.57. The van der Waals surface area contributed by atoms with E-state index in [0.29, 0.717) is 5.54 Å². The average molecular weight is 262 g/mol. The summed E-state index contributed by atoms with van der Waals surface area (Å²) in [5, 5.41) is 0. The number of fused-ring (bicyclic) bond motifs is 2. The molecule has 3 aliphatic rings. The second-order valence-corrected chi connectivity index (χ2v) is 7.81. The molecule has 1 aliphatic carbocycles. The molecule has 0 aromatic heterocycles. The molecule has 1 saturated heterocycles. The zero-order chi connectivity index (χ0) is 13.5. The molecule has 2 aliphatic heterocycles. The van der Waals surface area contributed by atoms with E-state index in [1.807, 2.05) is 11.1 Å². The van der Waals surface area contributed by atoms with Gasteiger partial charge >= 0.3 is 0 Å². The fourth-order valence-electron chi connectivity index (χ4n) is 5.27. The first-order valence-electron chi connectivity index (χ1n) is 8.65. The molecule has 3 rings (SSSR count). The molecule has 108 valence electrons. The molecule has 3 atom stereocenters. The fraction of sp³-hybridized carbons (Fsp3) is 0.889. The van der Waals surface area contributed by atoms with Crippen LogP contribution in [0.4, 0.5) is 0 Å². The summed E-state index contributed by atoms with van der Waals surface area (Å²) in [5.74, 6) is 1.00. The first-order chi connectivity index (χ1) is 9.09. The maximum Gasteiger partial charge on any atom is 0.118 e. The van der Waals surface area contributed by atoms with Crippen LogP contribution in [0.15, 0.2) is 11.1 Å². The van der Waals surface area contributed by atoms with Gasteiger partial charge in [-0.1, -0.05) is 25.3 Å². The van der Waals surface area contributed by atoms with Crippen molar-refractivity contribution in [2.75, 3.05) is 20.1 Å². The van der Waals surface area contributed by atoms with Gasteiger partial charge in [-0.3, -0.25) is 0 Å². The number of quaternary nitrogens is 1. The van der Waals surface area contributed by atoms with Gasteiger partial charge in [0.05, 0.1) is 20.1 Å². The minimum Gasteiger partial charge on any atom is -0.317 e. The third-order valence-corrected chi connectivity index (χ3v) is 6.75. The van der Waals surface area contributed by atoms with Crippen molar-refractivity contribution in [3.05, 3.63) is 11.1 Å². The van der Waals surface area contributed by atoms with Crippen molar-refractivity contribution in [3.63, 3.8) is 0 Å². The van der Waals surface area contributed by atoms with Gasteiger partial charge in [-0.05, 0) is 44.6 Å². The quantitative estimate of drug-likeness (QED) is 0.512. The minimum atomic E-state index is 0.507. The highest BCUT2D eigenvalue weighted by Gasteiger charge is 2.54. The van der Waals surface area contributed by atoms with Crippen molar-refractivity contribution in [2.24, 2.45) is 5.92 Å². The van der Waals surface area contributed by atoms with Crippen LogP contribution in [0.5, 0.6) is 0 Å². The minimum absolute atomic E-state index is 0.507. The van der Waals surface area contributed by atoms with E-state index < -0.39 is 0 Å². The molecule has 0 bridgehead atoms. The van der Waals surface area contributed by atoms with Gasteiger partial charge in [0.1, 0.15) is 5.54 Å². The molecule has 0 aromatic carbocycles. The first kappa shape index (κ1) is 13.7. The highest BCUT2D eigenvalue weighted by atomic mass is 15.4. The highest BCUT2D eigenvalue weighted by molar-refractivity contribution is 5.30. The van der Waals surface area contributed by atoms with Crippen molar-refractivity contribution in [3.8, 4) is 0 Å². The molecule has 0 radical (unpaired) electrons. The Bertz CT molecular complexity index is 383. The van der Waals surface area contributed by atoms with E-state index in [1.165, 1.54) is 75.4 Å². The molecule has 0 amide bonds. The van der Waals surface area contributed by atoms with Crippen LogP contribution >= 0.6 is 0 Å². The Morgan fingerprint density at radius 1 is 1.26 bits per heavy atom. The molecule has 19 heavy (non-hydrogen) atoms. The molecular formula is C18H32N+. The van der Waals surface area contributed by atoms with E-state index >= 15 is 0 Å². The summed E-state index contributed by atoms with van der Waals surface area (Å²) < 4.78 is 1.36. The molecule has 0 N–H and O–H groups in total. The van der Waals surface area contributed by atoms with Crippen LogP contribution in [-0.2, 0) is 0 Å². The number of rotatable bonds is 3. The summed E-state index contributed by atoms with van der Waals surface area (Å²) in [4.78, 5) is 0. The molecule has 0 saturated carbocycles. The second-order valence-electron chi connectivity index (χ2n) is 7.81. The largest absolute Gasteiger partial charge is 0.317 e. The van der Waals surface area contributed by atoms with Crippen molar-refractivity contribution >= 4 is 0 Å². The van der Waals surface area contributed by atoms with E-state index in [2.05, 4.69) is 20.9 Å². The Kier molecular flexibility index (Phi) is 3.53. The maximum atomic E-state index is 2.60. The van der Waals surface area contributed by atoms with Crippen LogP contribution < -0.4 is 0 Å². The van der Waals surface area contributed by atoms with Crippen LogP contribution in [0.3, 0.4) is 0 Å². The summed E-state index contributed by atoms with van der Waals surface area (Å²) in [5.41, 5.74) is 4.27. The number of unbranched alkanes of at least 4 members (excludes halogenated alkanes) is 1. The number of hydrogen-bond donors (Lipinski definition) is 0. The standard InChI is InChI=1S/C18H32N/c1-4-5-7-15-10-12-18(2)17-9-6-8-16(17)11-13-19(18,3)14-15/h15H,4-14H2,1-3H3/q+1/t15-,18+,19+/m0/s1. The van der Waals surface area contributed by atoms with Crippen molar-refractivity contribution in [2.45, 2.75) is 77.2 Å². The van der Waals surface area contributed by atoms with E-state index in [1.54, 1.807) is 0 Å². The smallest absolute Gasteiger partial charge is 0.118 e. The normalized spacial score (nSPS) is 42.2. The SMILES string of the molecule is CCCC[C@H]1CC[C@]2(C)C3=C(CCC3)CC[N@+]2(C)C1. The Labute approximate surface area is 119 Å². The predicted molar refractivity (Wildman–Crippen MR) is 82.1 cm³/mol. The van der Waals surface area contributed by atoms with Gasteiger partial charge in [0.15, 0.2) is 0 Å². The monoisotopic (exact) mass is 262 g/mol. The Morgan fingerprint density at radius 2 is 2.11 bits per heavy atom. The van der Waals surface area contributed by atoms with Crippen molar-refractivity contribution in [1.82, 2.24) is 0 Å². The third kappa shape index (κ3) is 2.09. The molecule has 1 heteroatoms. The van der Waals surface area contributed by atoms with Gasteiger partial charge in [-0.2, -0.15) is 0 Å². The zero-order valence-electron chi connectivity index (χ0n) is 13.3. The van der Waals surface area contributed by atoms with Gasteiger partial charge in [0, 0.05) is 18.8 Å². The summed E-state index contributed by atoms with van der Waals surface area (Å²) in [6.45, 7) is 7.80. The maximum absolute atomic E-state index is 2.60. The Balaban J connectivity index is 1.81. The topological polar surface area (TPSA) is 0 Å². The summed E-state index contributed by atoms with van der Waals surface area (Å²) in [6, 6.07) is 0. The second kappa shape index (κ2) is 4.91. The number of likely N-dealkylation sites (N-methyl/N-ethyl adjacent to an activating group) is 1. The lowest BCUT2D eigenvalue weighted by atomic mass is 9.71.